The molecule has 5 heteroatoms. The zero-order valence-corrected chi connectivity index (χ0v) is 13.6. The third kappa shape index (κ3) is 3.28. The van der Waals surface area contributed by atoms with E-state index in [2.05, 4.69) is 6.07 Å². The second kappa shape index (κ2) is 7.07. The van der Waals surface area contributed by atoms with E-state index in [-0.39, 0.29) is 11.8 Å². The van der Waals surface area contributed by atoms with Gasteiger partial charge in [0.15, 0.2) is 0 Å². The highest BCUT2D eigenvalue weighted by atomic mass is 16.5. The third-order valence-electron chi connectivity index (χ3n) is 4.29. The van der Waals surface area contributed by atoms with Gasteiger partial charge >= 0.3 is 0 Å². The molecule has 1 atom stereocenters. The van der Waals surface area contributed by atoms with Gasteiger partial charge in [0.1, 0.15) is 5.82 Å². The lowest BCUT2D eigenvalue weighted by atomic mass is 9.97. The van der Waals surface area contributed by atoms with Crippen LogP contribution in [0, 0.1) is 5.92 Å². The number of hydrogen-bond acceptors (Lipinski definition) is 3. The molecule has 2 aliphatic rings. The minimum Gasteiger partial charge on any atom is -0.381 e. The molecule has 0 N–H and O–H groups in total. The maximum Gasteiger partial charge on any atom is 0.230 e. The van der Waals surface area contributed by atoms with Crippen molar-refractivity contribution in [3.05, 3.63) is 11.8 Å². The van der Waals surface area contributed by atoms with Gasteiger partial charge in [0.25, 0.3) is 0 Å². The lowest BCUT2D eigenvalue weighted by Gasteiger charge is -2.20. The molecule has 3 heterocycles. The summed E-state index contributed by atoms with van der Waals surface area (Å²) in [5.74, 6) is 1.69. The number of amides is 1. The fraction of sp³-hybridized carbons (Fsp3) is 0.750. The van der Waals surface area contributed by atoms with Gasteiger partial charge in [-0.1, -0.05) is 20.8 Å². The molecular weight excluding hydrogens is 266 g/mol. The molecule has 21 heavy (non-hydrogen) atoms. The number of anilines is 1. The van der Waals surface area contributed by atoms with Crippen molar-refractivity contribution in [3.63, 3.8) is 0 Å². The van der Waals surface area contributed by atoms with Crippen molar-refractivity contribution in [2.24, 2.45) is 5.92 Å². The van der Waals surface area contributed by atoms with Crippen LogP contribution in [0.5, 0.6) is 0 Å². The normalized spacial score (nSPS) is 23.1. The van der Waals surface area contributed by atoms with Crippen LogP contribution < -0.4 is 4.90 Å². The standard InChI is InChI=1S/C14H21N3O2.C2H6/c1-10-3-6-17-13(16(2)14(10)18)9-12(15-17)11-4-7-19-8-5-11;1-2/h9-11H,3-8H2,1-2H3;1-2H3. The van der Waals surface area contributed by atoms with Gasteiger partial charge in [0, 0.05) is 44.7 Å². The van der Waals surface area contributed by atoms with Gasteiger partial charge in [-0.25, -0.2) is 4.68 Å². The molecule has 3 rings (SSSR count). The van der Waals surface area contributed by atoms with E-state index < -0.39 is 0 Å². The average molecular weight is 293 g/mol. The van der Waals surface area contributed by atoms with Crippen LogP contribution in [0.15, 0.2) is 6.07 Å². The number of ether oxygens (including phenoxy) is 1. The number of rotatable bonds is 1. The van der Waals surface area contributed by atoms with E-state index in [0.717, 1.165) is 50.5 Å². The summed E-state index contributed by atoms with van der Waals surface area (Å²) in [5.41, 5.74) is 1.12. The predicted octanol–water partition coefficient (Wildman–Crippen LogP) is 2.81. The van der Waals surface area contributed by atoms with Gasteiger partial charge in [-0.05, 0) is 19.3 Å². The Kier molecular flexibility index (Phi) is 5.39. The van der Waals surface area contributed by atoms with Crippen molar-refractivity contribution in [1.82, 2.24) is 9.78 Å². The van der Waals surface area contributed by atoms with Crippen LogP contribution in [0.2, 0.25) is 0 Å². The Morgan fingerprint density at radius 2 is 1.90 bits per heavy atom. The molecule has 0 spiro atoms. The van der Waals surface area contributed by atoms with E-state index in [9.17, 15) is 4.79 Å². The molecule has 0 radical (unpaired) electrons. The number of aromatic nitrogens is 2. The summed E-state index contributed by atoms with van der Waals surface area (Å²) in [6.07, 6.45) is 2.93. The minimum atomic E-state index is 0.0817. The lowest BCUT2D eigenvalue weighted by Crippen LogP contribution is -2.30. The largest absolute Gasteiger partial charge is 0.381 e. The van der Waals surface area contributed by atoms with Gasteiger partial charge in [-0.3, -0.25) is 9.69 Å². The number of carbonyl (C=O) groups excluding carboxylic acids is 1. The summed E-state index contributed by atoms with van der Waals surface area (Å²) in [4.78, 5) is 13.9. The zero-order chi connectivity index (χ0) is 15.4. The topological polar surface area (TPSA) is 47.4 Å². The second-order valence-electron chi connectivity index (χ2n) is 5.62. The van der Waals surface area contributed by atoms with Crippen LogP contribution in [0.25, 0.3) is 0 Å². The first-order valence-electron chi connectivity index (χ1n) is 8.10. The summed E-state index contributed by atoms with van der Waals surface area (Å²) in [6, 6.07) is 2.09. The quantitative estimate of drug-likeness (QED) is 0.800. The minimum absolute atomic E-state index is 0.0817. The van der Waals surface area contributed by atoms with Gasteiger partial charge < -0.3 is 4.74 Å². The Hall–Kier alpha value is -1.36. The molecule has 1 amide bonds. The van der Waals surface area contributed by atoms with Crippen LogP contribution in [-0.2, 0) is 16.1 Å². The fourth-order valence-corrected chi connectivity index (χ4v) is 2.94. The van der Waals surface area contributed by atoms with Crippen molar-refractivity contribution in [2.45, 2.75) is 52.5 Å². The van der Waals surface area contributed by atoms with Crippen LogP contribution in [0.4, 0.5) is 5.82 Å². The van der Waals surface area contributed by atoms with E-state index in [1.165, 1.54) is 0 Å². The predicted molar refractivity (Wildman–Crippen MR) is 83.6 cm³/mol. The maximum atomic E-state index is 12.2. The molecule has 0 aromatic carbocycles. The van der Waals surface area contributed by atoms with E-state index in [4.69, 9.17) is 9.84 Å². The lowest BCUT2D eigenvalue weighted by molar-refractivity contribution is -0.121. The highest BCUT2D eigenvalue weighted by Gasteiger charge is 2.28. The molecule has 0 saturated carbocycles. The van der Waals surface area contributed by atoms with E-state index >= 15 is 0 Å². The first kappa shape index (κ1) is 16.0. The Morgan fingerprint density at radius 1 is 1.24 bits per heavy atom. The Bertz CT molecular complexity index is 478. The van der Waals surface area contributed by atoms with Crippen LogP contribution >= 0.6 is 0 Å². The van der Waals surface area contributed by atoms with Crippen LogP contribution in [0.3, 0.4) is 0 Å². The van der Waals surface area contributed by atoms with E-state index in [1.54, 1.807) is 4.90 Å². The molecule has 1 aromatic rings. The molecule has 0 aliphatic carbocycles. The number of nitrogens with zero attached hydrogens (tertiary/aromatic N) is 3. The molecular formula is C16H27N3O2. The zero-order valence-electron chi connectivity index (χ0n) is 13.6. The molecule has 2 aliphatic heterocycles. The molecule has 0 bridgehead atoms. The summed E-state index contributed by atoms with van der Waals surface area (Å²) in [5, 5.41) is 4.72. The molecule has 5 nitrogen and oxygen atoms in total. The van der Waals surface area contributed by atoms with Crippen molar-refractivity contribution < 1.29 is 9.53 Å². The molecule has 1 unspecified atom stereocenters. The van der Waals surface area contributed by atoms with Crippen molar-refractivity contribution in [3.8, 4) is 0 Å². The fourth-order valence-electron chi connectivity index (χ4n) is 2.94. The SMILES string of the molecule is CC.CC1CCn2nc(C3CCOCC3)cc2N(C)C1=O. The summed E-state index contributed by atoms with van der Waals surface area (Å²) in [7, 11) is 1.85. The van der Waals surface area contributed by atoms with E-state index in [1.807, 2.05) is 32.5 Å². The highest BCUT2D eigenvalue weighted by Crippen LogP contribution is 2.31. The molecule has 1 fully saturated rings. The smallest absolute Gasteiger partial charge is 0.230 e. The third-order valence-corrected chi connectivity index (χ3v) is 4.29. The number of fused-ring (bicyclic) bond motifs is 1. The van der Waals surface area contributed by atoms with Crippen LogP contribution in [-0.4, -0.2) is 35.9 Å². The van der Waals surface area contributed by atoms with Gasteiger partial charge in [-0.15, -0.1) is 0 Å². The monoisotopic (exact) mass is 293 g/mol. The Morgan fingerprint density at radius 3 is 2.57 bits per heavy atom. The Balaban J connectivity index is 0.000000774. The maximum absolute atomic E-state index is 12.2. The van der Waals surface area contributed by atoms with Crippen molar-refractivity contribution >= 4 is 11.7 Å². The van der Waals surface area contributed by atoms with Gasteiger partial charge in [-0.2, -0.15) is 5.10 Å². The summed E-state index contributed by atoms with van der Waals surface area (Å²) >= 11 is 0. The first-order valence-corrected chi connectivity index (χ1v) is 8.10. The summed E-state index contributed by atoms with van der Waals surface area (Å²) < 4.78 is 7.39. The molecule has 118 valence electrons. The molecule has 1 saturated heterocycles. The number of hydrogen-bond donors (Lipinski definition) is 0. The first-order chi connectivity index (χ1) is 10.2. The number of carbonyl (C=O) groups is 1. The summed E-state index contributed by atoms with van der Waals surface area (Å²) in [6.45, 7) is 8.46. The van der Waals surface area contributed by atoms with Gasteiger partial charge in [0.05, 0.1) is 5.69 Å². The Labute approximate surface area is 127 Å². The second-order valence-corrected chi connectivity index (χ2v) is 5.62. The number of aryl methyl sites for hydroxylation is 1. The average Bonchev–Trinajstić information content (AvgIpc) is 2.94. The van der Waals surface area contributed by atoms with Crippen molar-refractivity contribution in [1.29, 1.82) is 0 Å². The highest BCUT2D eigenvalue weighted by molar-refractivity contribution is 5.93. The molecule has 1 aromatic heterocycles. The van der Waals surface area contributed by atoms with Crippen LogP contribution in [0.1, 0.15) is 51.6 Å². The van der Waals surface area contributed by atoms with Gasteiger partial charge in [0.2, 0.25) is 5.91 Å². The van der Waals surface area contributed by atoms with Crippen molar-refractivity contribution in [2.75, 3.05) is 25.2 Å². The van der Waals surface area contributed by atoms with E-state index in [0.29, 0.717) is 5.92 Å².